The fraction of sp³-hybridized carbons (Fsp3) is 0.350. The topological polar surface area (TPSA) is 47.6 Å². The van der Waals surface area contributed by atoms with Gasteiger partial charge in [0.05, 0.1) is 12.6 Å². The molecule has 4 nitrogen and oxygen atoms in total. The van der Waals surface area contributed by atoms with Gasteiger partial charge >= 0.3 is 0 Å². The van der Waals surface area contributed by atoms with E-state index in [4.69, 9.17) is 9.47 Å². The lowest BCUT2D eigenvalue weighted by Crippen LogP contribution is -2.46. The first-order chi connectivity index (χ1) is 11.7. The minimum Gasteiger partial charge on any atom is -0.480 e. The van der Waals surface area contributed by atoms with Crippen molar-refractivity contribution in [3.8, 4) is 16.9 Å². The molecule has 2 aromatic rings. The summed E-state index contributed by atoms with van der Waals surface area (Å²) in [5.41, 5.74) is 2.06. The quantitative estimate of drug-likeness (QED) is 0.916. The van der Waals surface area contributed by atoms with Gasteiger partial charge in [-0.15, -0.1) is 0 Å². The summed E-state index contributed by atoms with van der Waals surface area (Å²) in [7, 11) is 0. The van der Waals surface area contributed by atoms with E-state index < -0.39 is 6.10 Å². The van der Waals surface area contributed by atoms with Gasteiger partial charge in [-0.3, -0.25) is 4.79 Å². The molecule has 0 aromatic heterocycles. The van der Waals surface area contributed by atoms with Crippen LogP contribution in [0.1, 0.15) is 19.8 Å². The van der Waals surface area contributed by atoms with Crippen molar-refractivity contribution in [2.45, 2.75) is 31.9 Å². The monoisotopic (exact) mass is 325 g/mol. The Hall–Kier alpha value is -2.33. The van der Waals surface area contributed by atoms with E-state index in [1.165, 1.54) is 0 Å². The van der Waals surface area contributed by atoms with Crippen molar-refractivity contribution < 1.29 is 14.3 Å². The number of hydrogen-bond donors (Lipinski definition) is 1. The first kappa shape index (κ1) is 16.5. The highest BCUT2D eigenvalue weighted by Gasteiger charge is 2.21. The van der Waals surface area contributed by atoms with Gasteiger partial charge < -0.3 is 14.8 Å². The molecule has 1 N–H and O–H groups in total. The summed E-state index contributed by atoms with van der Waals surface area (Å²) in [6, 6.07) is 17.9. The predicted octanol–water partition coefficient (Wildman–Crippen LogP) is 3.42. The zero-order valence-electron chi connectivity index (χ0n) is 13.9. The van der Waals surface area contributed by atoms with Crippen LogP contribution in [0, 0.1) is 0 Å². The minimum atomic E-state index is -0.559. The summed E-state index contributed by atoms with van der Waals surface area (Å²) < 4.78 is 11.4. The molecular formula is C20H23NO3. The first-order valence-corrected chi connectivity index (χ1v) is 8.43. The number of carbonyl (C=O) groups is 1. The van der Waals surface area contributed by atoms with Crippen molar-refractivity contribution in [2.75, 3.05) is 13.2 Å². The Morgan fingerprint density at radius 1 is 1.17 bits per heavy atom. The number of amides is 1. The lowest BCUT2D eigenvalue weighted by Gasteiger charge is -2.25. The predicted molar refractivity (Wildman–Crippen MR) is 94.0 cm³/mol. The zero-order chi connectivity index (χ0) is 16.8. The van der Waals surface area contributed by atoms with E-state index in [9.17, 15) is 4.79 Å². The van der Waals surface area contributed by atoms with E-state index in [0.717, 1.165) is 30.6 Å². The van der Waals surface area contributed by atoms with Crippen molar-refractivity contribution in [3.63, 3.8) is 0 Å². The Morgan fingerprint density at radius 2 is 1.92 bits per heavy atom. The molecule has 0 bridgehead atoms. The number of hydrogen-bond acceptors (Lipinski definition) is 3. The summed E-state index contributed by atoms with van der Waals surface area (Å²) in [4.78, 5) is 12.4. The molecule has 2 unspecified atom stereocenters. The van der Waals surface area contributed by atoms with Gasteiger partial charge in [0.25, 0.3) is 5.91 Å². The summed E-state index contributed by atoms with van der Waals surface area (Å²) in [6.45, 7) is 3.14. The third-order valence-electron chi connectivity index (χ3n) is 4.15. The maximum Gasteiger partial charge on any atom is 0.261 e. The van der Waals surface area contributed by atoms with Gasteiger partial charge in [0.15, 0.2) is 6.10 Å². The standard InChI is InChI=1S/C20H23NO3/c1-15(20(22)21-17-10-7-13-23-14-17)24-19-12-6-5-11-18(19)16-8-3-2-4-9-16/h2-6,8-9,11-12,15,17H,7,10,13-14H2,1H3,(H,21,22). The average Bonchev–Trinajstić information content (AvgIpc) is 2.63. The van der Waals surface area contributed by atoms with E-state index in [-0.39, 0.29) is 11.9 Å². The molecule has 1 heterocycles. The molecule has 1 aliphatic rings. The van der Waals surface area contributed by atoms with Crippen LogP contribution >= 0.6 is 0 Å². The number of rotatable bonds is 5. The SMILES string of the molecule is CC(Oc1ccccc1-c1ccccc1)C(=O)NC1CCCOC1. The Morgan fingerprint density at radius 3 is 2.67 bits per heavy atom. The third kappa shape index (κ3) is 4.15. The van der Waals surface area contributed by atoms with Gasteiger partial charge in [0.2, 0.25) is 0 Å². The van der Waals surface area contributed by atoms with E-state index >= 15 is 0 Å². The molecule has 0 spiro atoms. The molecule has 0 saturated carbocycles. The lowest BCUT2D eigenvalue weighted by molar-refractivity contribution is -0.128. The van der Waals surface area contributed by atoms with Crippen LogP contribution in [0.2, 0.25) is 0 Å². The van der Waals surface area contributed by atoms with Crippen molar-refractivity contribution in [3.05, 3.63) is 54.6 Å². The summed E-state index contributed by atoms with van der Waals surface area (Å²) in [6.07, 6.45) is 1.38. The molecule has 2 aromatic carbocycles. The molecule has 2 atom stereocenters. The maximum absolute atomic E-state index is 12.4. The Bertz CT molecular complexity index is 666. The highest BCUT2D eigenvalue weighted by atomic mass is 16.5. The summed E-state index contributed by atoms with van der Waals surface area (Å²) in [5, 5.41) is 3.01. The second-order valence-corrected chi connectivity index (χ2v) is 6.04. The van der Waals surface area contributed by atoms with E-state index in [1.807, 2.05) is 54.6 Å². The van der Waals surface area contributed by atoms with Crippen LogP contribution in [0.25, 0.3) is 11.1 Å². The van der Waals surface area contributed by atoms with E-state index in [2.05, 4.69) is 5.32 Å². The van der Waals surface area contributed by atoms with Gasteiger partial charge in [-0.05, 0) is 31.4 Å². The maximum atomic E-state index is 12.4. The zero-order valence-corrected chi connectivity index (χ0v) is 13.9. The van der Waals surface area contributed by atoms with Crippen LogP contribution in [0.15, 0.2) is 54.6 Å². The number of para-hydroxylation sites is 1. The second kappa shape index (κ2) is 7.97. The largest absolute Gasteiger partial charge is 0.480 e. The molecule has 1 fully saturated rings. The Balaban J connectivity index is 1.68. The van der Waals surface area contributed by atoms with Crippen molar-refractivity contribution in [1.82, 2.24) is 5.32 Å². The van der Waals surface area contributed by atoms with Crippen LogP contribution in [0.4, 0.5) is 0 Å². The summed E-state index contributed by atoms with van der Waals surface area (Å²) in [5.74, 6) is 0.611. The van der Waals surface area contributed by atoms with E-state index in [1.54, 1.807) is 6.92 Å². The van der Waals surface area contributed by atoms with E-state index in [0.29, 0.717) is 12.4 Å². The fourth-order valence-corrected chi connectivity index (χ4v) is 2.84. The van der Waals surface area contributed by atoms with Gasteiger partial charge in [0, 0.05) is 12.2 Å². The van der Waals surface area contributed by atoms with Gasteiger partial charge in [-0.1, -0.05) is 48.5 Å². The smallest absolute Gasteiger partial charge is 0.261 e. The number of nitrogens with one attached hydrogen (secondary N) is 1. The molecule has 24 heavy (non-hydrogen) atoms. The molecular weight excluding hydrogens is 302 g/mol. The Labute approximate surface area is 142 Å². The molecule has 126 valence electrons. The van der Waals surface area contributed by atoms with Crippen LogP contribution < -0.4 is 10.1 Å². The number of benzene rings is 2. The van der Waals surface area contributed by atoms with Crippen LogP contribution in [0.5, 0.6) is 5.75 Å². The molecule has 1 amide bonds. The second-order valence-electron chi connectivity index (χ2n) is 6.04. The average molecular weight is 325 g/mol. The molecule has 1 saturated heterocycles. The highest BCUT2D eigenvalue weighted by Crippen LogP contribution is 2.30. The number of ether oxygens (including phenoxy) is 2. The molecule has 4 heteroatoms. The van der Waals surface area contributed by atoms with Crippen LogP contribution in [-0.4, -0.2) is 31.3 Å². The van der Waals surface area contributed by atoms with Crippen molar-refractivity contribution in [1.29, 1.82) is 0 Å². The summed E-state index contributed by atoms with van der Waals surface area (Å²) >= 11 is 0. The fourth-order valence-electron chi connectivity index (χ4n) is 2.84. The minimum absolute atomic E-state index is 0.0849. The van der Waals surface area contributed by atoms with Crippen molar-refractivity contribution >= 4 is 5.91 Å². The Kier molecular flexibility index (Phi) is 5.49. The highest BCUT2D eigenvalue weighted by molar-refractivity contribution is 5.81. The van der Waals surface area contributed by atoms with Crippen LogP contribution in [0.3, 0.4) is 0 Å². The number of carbonyl (C=O) groups excluding carboxylic acids is 1. The van der Waals surface area contributed by atoms with Crippen molar-refractivity contribution in [2.24, 2.45) is 0 Å². The molecule has 0 aliphatic carbocycles. The van der Waals surface area contributed by atoms with Crippen LogP contribution in [-0.2, 0) is 9.53 Å². The van der Waals surface area contributed by atoms with Gasteiger partial charge in [-0.2, -0.15) is 0 Å². The third-order valence-corrected chi connectivity index (χ3v) is 4.15. The molecule has 1 aliphatic heterocycles. The first-order valence-electron chi connectivity index (χ1n) is 8.43. The van der Waals surface area contributed by atoms with Gasteiger partial charge in [0.1, 0.15) is 5.75 Å². The lowest BCUT2D eigenvalue weighted by atomic mass is 10.0. The normalized spacial score (nSPS) is 18.6. The van der Waals surface area contributed by atoms with Gasteiger partial charge in [-0.25, -0.2) is 0 Å². The molecule has 0 radical (unpaired) electrons. The molecule has 3 rings (SSSR count).